The van der Waals surface area contributed by atoms with Crippen LogP contribution in [0.15, 0.2) is 12.2 Å². The maximum atomic E-state index is 5.46. The third-order valence-electron chi connectivity index (χ3n) is 3.90. The largest absolute Gasteiger partial charge is 0.303 e. The molecule has 13 heavy (non-hydrogen) atoms. The van der Waals surface area contributed by atoms with Crippen LogP contribution in [0.5, 0.6) is 0 Å². The van der Waals surface area contributed by atoms with E-state index < -0.39 is 0 Å². The molecule has 2 aliphatic heterocycles. The number of nitrogens with zero attached hydrogens (tertiary/aromatic N) is 1. The number of terminal acetylenes is 1. The third-order valence-corrected chi connectivity index (χ3v) is 3.90. The van der Waals surface area contributed by atoms with Gasteiger partial charge in [-0.15, -0.1) is 6.42 Å². The Labute approximate surface area is 80.8 Å². The summed E-state index contributed by atoms with van der Waals surface area (Å²) in [6.07, 6.45) is 10.6. The Bertz CT molecular complexity index is 263. The van der Waals surface area contributed by atoms with E-state index in [1.54, 1.807) is 0 Å². The molecule has 0 atom stereocenters. The molecule has 0 aromatic rings. The van der Waals surface area contributed by atoms with Gasteiger partial charge in [0.05, 0.1) is 0 Å². The van der Waals surface area contributed by atoms with Crippen molar-refractivity contribution in [2.45, 2.75) is 31.7 Å². The second-order valence-corrected chi connectivity index (χ2v) is 4.55. The van der Waals surface area contributed by atoms with E-state index in [9.17, 15) is 0 Å². The van der Waals surface area contributed by atoms with Crippen molar-refractivity contribution in [2.75, 3.05) is 13.6 Å². The van der Waals surface area contributed by atoms with Crippen LogP contribution in [0.4, 0.5) is 0 Å². The second-order valence-electron chi connectivity index (χ2n) is 4.55. The summed E-state index contributed by atoms with van der Waals surface area (Å²) in [6.45, 7) is 5.16. The van der Waals surface area contributed by atoms with Gasteiger partial charge in [0.2, 0.25) is 0 Å². The van der Waals surface area contributed by atoms with Crippen molar-refractivity contribution < 1.29 is 0 Å². The topological polar surface area (TPSA) is 3.24 Å². The Morgan fingerprint density at radius 3 is 2.62 bits per heavy atom. The normalized spacial score (nSPS) is 38.6. The van der Waals surface area contributed by atoms with Gasteiger partial charge in [0.1, 0.15) is 0 Å². The summed E-state index contributed by atoms with van der Waals surface area (Å²) >= 11 is 0. The minimum Gasteiger partial charge on any atom is -0.303 e. The standard InChI is InChI=1S/C12H17N/c1-4-10(2)12-7-5-11(6-8-12)13(3)9-12/h1,11H,2,5-9H2,3H3. The van der Waals surface area contributed by atoms with Crippen LogP contribution in [0.3, 0.4) is 0 Å². The Balaban J connectivity index is 2.24. The molecular weight excluding hydrogens is 158 g/mol. The average Bonchev–Trinajstić information content (AvgIpc) is 2.18. The minimum absolute atomic E-state index is 0.262. The number of rotatable bonds is 1. The van der Waals surface area contributed by atoms with Gasteiger partial charge < -0.3 is 4.90 Å². The molecule has 1 saturated carbocycles. The zero-order chi connectivity index (χ0) is 9.47. The van der Waals surface area contributed by atoms with E-state index in [4.69, 9.17) is 6.42 Å². The minimum atomic E-state index is 0.262. The SMILES string of the molecule is C#CC(=C)C12CCC(CC1)N(C)C2. The van der Waals surface area contributed by atoms with Gasteiger partial charge in [-0.25, -0.2) is 0 Å². The zero-order valence-corrected chi connectivity index (χ0v) is 8.34. The fraction of sp³-hybridized carbons (Fsp3) is 0.667. The van der Waals surface area contributed by atoms with Crippen LogP contribution in [0.25, 0.3) is 0 Å². The van der Waals surface area contributed by atoms with E-state index in [0.717, 1.165) is 18.2 Å². The van der Waals surface area contributed by atoms with Gasteiger partial charge in [-0.05, 0) is 32.7 Å². The van der Waals surface area contributed by atoms with Crippen LogP contribution < -0.4 is 0 Å². The average molecular weight is 175 g/mol. The maximum Gasteiger partial charge on any atom is 0.0155 e. The van der Waals surface area contributed by atoms with E-state index in [2.05, 4.69) is 24.4 Å². The van der Waals surface area contributed by atoms with Gasteiger partial charge >= 0.3 is 0 Å². The van der Waals surface area contributed by atoms with Crippen LogP contribution in [0.1, 0.15) is 25.7 Å². The molecular formula is C12H17N. The van der Waals surface area contributed by atoms with Crippen molar-refractivity contribution in [3.63, 3.8) is 0 Å². The number of hydrogen-bond donors (Lipinski definition) is 0. The van der Waals surface area contributed by atoms with Gasteiger partial charge in [0.25, 0.3) is 0 Å². The molecule has 0 aromatic heterocycles. The fourth-order valence-corrected chi connectivity index (χ4v) is 2.91. The van der Waals surface area contributed by atoms with Crippen molar-refractivity contribution in [2.24, 2.45) is 5.41 Å². The van der Waals surface area contributed by atoms with E-state index in [-0.39, 0.29) is 5.41 Å². The molecule has 1 heteroatoms. The van der Waals surface area contributed by atoms with Gasteiger partial charge in [0, 0.05) is 23.6 Å². The Morgan fingerprint density at radius 1 is 1.54 bits per heavy atom. The Kier molecular flexibility index (Phi) is 1.96. The van der Waals surface area contributed by atoms with Crippen molar-refractivity contribution in [1.29, 1.82) is 0 Å². The molecule has 2 heterocycles. The molecule has 3 fully saturated rings. The van der Waals surface area contributed by atoms with Crippen molar-refractivity contribution in [1.82, 2.24) is 4.90 Å². The molecule has 0 spiro atoms. The summed E-state index contributed by atoms with van der Waals surface area (Å²) in [5, 5.41) is 0. The van der Waals surface area contributed by atoms with Crippen molar-refractivity contribution >= 4 is 0 Å². The summed E-state index contributed by atoms with van der Waals surface area (Å²) in [4.78, 5) is 2.45. The molecule has 2 bridgehead atoms. The number of fused-ring (bicyclic) bond motifs is 3. The molecule has 0 amide bonds. The number of piperidine rings is 2. The predicted octanol–water partition coefficient (Wildman–Crippen LogP) is 2.05. The molecule has 0 unspecified atom stereocenters. The molecule has 70 valence electrons. The molecule has 2 saturated heterocycles. The van der Waals surface area contributed by atoms with Gasteiger partial charge in [-0.1, -0.05) is 12.5 Å². The molecule has 3 rings (SSSR count). The molecule has 0 aromatic carbocycles. The van der Waals surface area contributed by atoms with Crippen LogP contribution >= 0.6 is 0 Å². The smallest absolute Gasteiger partial charge is 0.0155 e. The van der Waals surface area contributed by atoms with Crippen LogP contribution in [0, 0.1) is 17.8 Å². The summed E-state index contributed by atoms with van der Waals surface area (Å²) in [5.74, 6) is 2.75. The highest BCUT2D eigenvalue weighted by atomic mass is 15.2. The number of hydrogen-bond acceptors (Lipinski definition) is 1. The third kappa shape index (κ3) is 1.21. The Morgan fingerprint density at radius 2 is 2.15 bits per heavy atom. The molecule has 0 radical (unpaired) electrons. The Hall–Kier alpha value is -0.740. The highest BCUT2D eigenvalue weighted by Gasteiger charge is 2.44. The van der Waals surface area contributed by atoms with E-state index in [1.165, 1.54) is 25.7 Å². The first-order chi connectivity index (χ1) is 6.18. The lowest BCUT2D eigenvalue weighted by Crippen LogP contribution is -2.52. The maximum absolute atomic E-state index is 5.46. The quantitative estimate of drug-likeness (QED) is 0.551. The fourth-order valence-electron chi connectivity index (χ4n) is 2.91. The monoisotopic (exact) mass is 175 g/mol. The second kappa shape index (κ2) is 2.89. The van der Waals surface area contributed by atoms with Crippen molar-refractivity contribution in [3.8, 4) is 12.3 Å². The zero-order valence-electron chi connectivity index (χ0n) is 8.34. The van der Waals surface area contributed by atoms with Crippen LogP contribution in [-0.2, 0) is 0 Å². The first-order valence-electron chi connectivity index (χ1n) is 5.04. The van der Waals surface area contributed by atoms with Crippen LogP contribution in [-0.4, -0.2) is 24.5 Å². The van der Waals surface area contributed by atoms with Crippen LogP contribution in [0.2, 0.25) is 0 Å². The predicted molar refractivity (Wildman–Crippen MR) is 55.3 cm³/mol. The van der Waals surface area contributed by atoms with Gasteiger partial charge in [-0.3, -0.25) is 0 Å². The lowest BCUT2D eigenvalue weighted by molar-refractivity contribution is 0.0227. The molecule has 1 aliphatic carbocycles. The van der Waals surface area contributed by atoms with Gasteiger partial charge in [0.15, 0.2) is 0 Å². The lowest BCUT2D eigenvalue weighted by atomic mass is 9.64. The summed E-state index contributed by atoms with van der Waals surface area (Å²) < 4.78 is 0. The van der Waals surface area contributed by atoms with E-state index in [0.29, 0.717) is 0 Å². The highest BCUT2D eigenvalue weighted by Crippen LogP contribution is 2.47. The first kappa shape index (κ1) is 8.84. The highest BCUT2D eigenvalue weighted by molar-refractivity contribution is 5.32. The van der Waals surface area contributed by atoms with Gasteiger partial charge in [-0.2, -0.15) is 0 Å². The molecule has 0 N–H and O–H groups in total. The summed E-state index contributed by atoms with van der Waals surface area (Å²) in [5.41, 5.74) is 1.29. The van der Waals surface area contributed by atoms with E-state index >= 15 is 0 Å². The lowest BCUT2D eigenvalue weighted by Gasteiger charge is -2.51. The van der Waals surface area contributed by atoms with Crippen molar-refractivity contribution in [3.05, 3.63) is 12.2 Å². The summed E-state index contributed by atoms with van der Waals surface area (Å²) in [7, 11) is 2.21. The first-order valence-corrected chi connectivity index (χ1v) is 5.04. The molecule has 3 aliphatic rings. The van der Waals surface area contributed by atoms with E-state index in [1.807, 2.05) is 0 Å². The summed E-state index contributed by atoms with van der Waals surface area (Å²) in [6, 6.07) is 0.812. The molecule has 1 nitrogen and oxygen atoms in total.